The van der Waals surface area contributed by atoms with Crippen molar-refractivity contribution in [3.63, 3.8) is 0 Å². The lowest BCUT2D eigenvalue weighted by Crippen LogP contribution is -2.05. The van der Waals surface area contributed by atoms with E-state index in [0.29, 0.717) is 35.6 Å². The van der Waals surface area contributed by atoms with Crippen LogP contribution in [0.2, 0.25) is 5.02 Å². The number of ether oxygens (including phenoxy) is 2. The van der Waals surface area contributed by atoms with Crippen molar-refractivity contribution in [2.75, 3.05) is 11.9 Å². The van der Waals surface area contributed by atoms with Gasteiger partial charge in [-0.05, 0) is 41.5 Å². The zero-order chi connectivity index (χ0) is 18.4. The first-order valence-electron chi connectivity index (χ1n) is 7.95. The smallest absolute Gasteiger partial charge is 0.263 e. The van der Waals surface area contributed by atoms with Gasteiger partial charge in [0, 0.05) is 17.6 Å². The van der Waals surface area contributed by atoms with Crippen LogP contribution in [-0.2, 0) is 13.2 Å². The van der Waals surface area contributed by atoms with Crippen LogP contribution in [-0.4, -0.2) is 27.2 Å². The number of H-pyrrole nitrogens is 1. The Morgan fingerprint density at radius 3 is 2.62 bits per heavy atom. The van der Waals surface area contributed by atoms with Crippen molar-refractivity contribution >= 4 is 17.5 Å². The zero-order valence-electron chi connectivity index (χ0n) is 14.0. The Hall–Kier alpha value is -2.87. The Labute approximate surface area is 154 Å². The number of aromatic amines is 1. The van der Waals surface area contributed by atoms with Gasteiger partial charge in [0.1, 0.15) is 12.4 Å². The minimum Gasteiger partial charge on any atom is -0.490 e. The normalized spacial score (nSPS) is 10.6. The highest BCUT2D eigenvalue weighted by Crippen LogP contribution is 2.34. The fraction of sp³-hybridized carbons (Fsp3) is 0.235. The molecule has 0 aliphatic rings. The summed E-state index contributed by atoms with van der Waals surface area (Å²) in [5, 5.41) is 17.0. The first-order chi connectivity index (χ1) is 12.7. The van der Waals surface area contributed by atoms with Crippen molar-refractivity contribution in [2.24, 2.45) is 0 Å². The average Bonchev–Trinajstić information content (AvgIpc) is 3.15. The molecule has 0 fully saturated rings. The summed E-state index contributed by atoms with van der Waals surface area (Å²) in [6.07, 6.45) is 0. The number of benzene rings is 2. The van der Waals surface area contributed by atoms with E-state index in [2.05, 4.69) is 25.9 Å². The van der Waals surface area contributed by atoms with E-state index in [1.807, 2.05) is 6.92 Å². The second-order valence-corrected chi connectivity index (χ2v) is 5.73. The van der Waals surface area contributed by atoms with Crippen molar-refractivity contribution in [1.29, 1.82) is 0 Å². The highest BCUT2D eigenvalue weighted by molar-refractivity contribution is 6.31. The van der Waals surface area contributed by atoms with Gasteiger partial charge in [-0.2, -0.15) is 5.21 Å². The number of nitrogens with one attached hydrogen (secondary N) is 2. The summed E-state index contributed by atoms with van der Waals surface area (Å²) in [5.74, 6) is 1.18. The Balaban J connectivity index is 1.73. The number of anilines is 1. The van der Waals surface area contributed by atoms with Gasteiger partial charge in [-0.15, -0.1) is 5.10 Å². The first kappa shape index (κ1) is 17.9. The molecule has 0 saturated carbocycles. The van der Waals surface area contributed by atoms with E-state index in [9.17, 15) is 4.39 Å². The number of rotatable bonds is 8. The quantitative estimate of drug-likeness (QED) is 0.624. The van der Waals surface area contributed by atoms with E-state index in [4.69, 9.17) is 21.1 Å². The van der Waals surface area contributed by atoms with E-state index in [0.717, 1.165) is 11.1 Å². The molecule has 0 aliphatic carbocycles. The molecular formula is C17H17ClFN5O2. The van der Waals surface area contributed by atoms with E-state index >= 15 is 0 Å². The van der Waals surface area contributed by atoms with Gasteiger partial charge >= 0.3 is 0 Å². The fourth-order valence-electron chi connectivity index (χ4n) is 2.25. The standard InChI is InChI=1S/C17H17ClFN5O2/c1-2-25-15-7-12(9-20-17-21-23-24-22-17)14(18)8-16(15)26-10-11-3-5-13(19)6-4-11/h3-8H,2,9-10H2,1H3,(H2,20,21,22,23,24). The Bertz CT molecular complexity index is 843. The third-order valence-corrected chi connectivity index (χ3v) is 3.85. The summed E-state index contributed by atoms with van der Waals surface area (Å²) in [6.45, 7) is 3.04. The number of hydrogen-bond donors (Lipinski definition) is 2. The Morgan fingerprint density at radius 1 is 1.15 bits per heavy atom. The first-order valence-corrected chi connectivity index (χ1v) is 8.33. The van der Waals surface area contributed by atoms with Crippen LogP contribution in [0.25, 0.3) is 0 Å². The van der Waals surface area contributed by atoms with Crippen molar-refractivity contribution < 1.29 is 13.9 Å². The van der Waals surface area contributed by atoms with Gasteiger partial charge in [-0.1, -0.05) is 28.8 Å². The molecule has 3 aromatic rings. The largest absolute Gasteiger partial charge is 0.490 e. The number of halogens is 2. The molecule has 0 atom stereocenters. The van der Waals surface area contributed by atoms with Gasteiger partial charge < -0.3 is 14.8 Å². The number of hydrogen-bond acceptors (Lipinski definition) is 6. The maximum absolute atomic E-state index is 13.0. The maximum Gasteiger partial charge on any atom is 0.263 e. The lowest BCUT2D eigenvalue weighted by molar-refractivity contribution is 0.269. The molecule has 0 spiro atoms. The van der Waals surface area contributed by atoms with E-state index in [-0.39, 0.29) is 12.4 Å². The number of nitrogens with zero attached hydrogens (tertiary/aromatic N) is 3. The van der Waals surface area contributed by atoms with Crippen LogP contribution in [0.1, 0.15) is 18.1 Å². The predicted molar refractivity (Wildman–Crippen MR) is 94.9 cm³/mol. The maximum atomic E-state index is 13.0. The molecule has 0 amide bonds. The zero-order valence-corrected chi connectivity index (χ0v) is 14.8. The van der Waals surface area contributed by atoms with Crippen LogP contribution in [0, 0.1) is 5.82 Å². The summed E-state index contributed by atoms with van der Waals surface area (Å²) in [7, 11) is 0. The molecular weight excluding hydrogens is 361 g/mol. The van der Waals surface area contributed by atoms with Gasteiger partial charge in [0.15, 0.2) is 11.5 Å². The van der Waals surface area contributed by atoms with Crippen LogP contribution in [0.5, 0.6) is 11.5 Å². The molecule has 7 nitrogen and oxygen atoms in total. The molecule has 2 aromatic carbocycles. The minimum absolute atomic E-state index is 0.275. The van der Waals surface area contributed by atoms with Crippen LogP contribution in [0.4, 0.5) is 10.3 Å². The second-order valence-electron chi connectivity index (χ2n) is 5.33. The Morgan fingerprint density at radius 2 is 1.92 bits per heavy atom. The van der Waals surface area contributed by atoms with E-state index < -0.39 is 0 Å². The van der Waals surface area contributed by atoms with Gasteiger partial charge in [0.05, 0.1) is 6.61 Å². The van der Waals surface area contributed by atoms with Crippen LogP contribution in [0.3, 0.4) is 0 Å². The van der Waals surface area contributed by atoms with Crippen molar-refractivity contribution in [2.45, 2.75) is 20.1 Å². The molecule has 26 heavy (non-hydrogen) atoms. The van der Waals surface area contributed by atoms with Gasteiger partial charge in [0.25, 0.3) is 5.95 Å². The Kier molecular flexibility index (Phi) is 5.85. The van der Waals surface area contributed by atoms with Crippen LogP contribution >= 0.6 is 11.6 Å². The molecule has 136 valence electrons. The molecule has 9 heteroatoms. The third-order valence-electron chi connectivity index (χ3n) is 3.50. The molecule has 0 radical (unpaired) electrons. The van der Waals surface area contributed by atoms with Gasteiger partial charge in [-0.3, -0.25) is 0 Å². The van der Waals surface area contributed by atoms with Gasteiger partial charge in [-0.25, -0.2) is 4.39 Å². The molecule has 0 aliphatic heterocycles. The minimum atomic E-state index is -0.287. The molecule has 0 bridgehead atoms. The van der Waals surface area contributed by atoms with E-state index in [1.54, 1.807) is 24.3 Å². The third kappa shape index (κ3) is 4.60. The summed E-state index contributed by atoms with van der Waals surface area (Å²) in [4.78, 5) is 0. The molecule has 0 saturated heterocycles. The lowest BCUT2D eigenvalue weighted by atomic mass is 10.2. The molecule has 1 heterocycles. The SMILES string of the molecule is CCOc1cc(CNc2nn[nH]n2)c(Cl)cc1OCc1ccc(F)cc1. The monoisotopic (exact) mass is 377 g/mol. The molecule has 2 N–H and O–H groups in total. The molecule has 1 aromatic heterocycles. The number of tetrazole rings is 1. The average molecular weight is 378 g/mol. The highest BCUT2D eigenvalue weighted by atomic mass is 35.5. The topological polar surface area (TPSA) is 85.0 Å². The molecule has 3 rings (SSSR count). The fourth-order valence-corrected chi connectivity index (χ4v) is 2.47. The van der Waals surface area contributed by atoms with Crippen LogP contribution in [0.15, 0.2) is 36.4 Å². The van der Waals surface area contributed by atoms with Gasteiger partial charge in [0.2, 0.25) is 0 Å². The summed E-state index contributed by atoms with van der Waals surface area (Å²) >= 11 is 6.35. The van der Waals surface area contributed by atoms with Crippen molar-refractivity contribution in [3.8, 4) is 11.5 Å². The number of aromatic nitrogens is 4. The summed E-state index contributed by atoms with van der Waals surface area (Å²) < 4.78 is 24.5. The lowest BCUT2D eigenvalue weighted by Gasteiger charge is -2.15. The second kappa shape index (κ2) is 8.48. The van der Waals surface area contributed by atoms with E-state index in [1.165, 1.54) is 12.1 Å². The summed E-state index contributed by atoms with van der Waals surface area (Å²) in [6, 6.07) is 9.62. The predicted octanol–water partition coefficient (Wildman–Crippen LogP) is 3.58. The summed E-state index contributed by atoms with van der Waals surface area (Å²) in [5.41, 5.74) is 1.64. The van der Waals surface area contributed by atoms with Crippen LogP contribution < -0.4 is 14.8 Å². The molecule has 0 unspecified atom stereocenters. The van der Waals surface area contributed by atoms with Crippen molar-refractivity contribution in [1.82, 2.24) is 20.6 Å². The highest BCUT2D eigenvalue weighted by Gasteiger charge is 2.12. The van der Waals surface area contributed by atoms with Crippen molar-refractivity contribution in [3.05, 3.63) is 58.4 Å².